The van der Waals surface area contributed by atoms with Gasteiger partial charge in [-0.15, -0.1) is 6.58 Å². The molecule has 0 saturated carbocycles. The van der Waals surface area contributed by atoms with Gasteiger partial charge in [0, 0.05) is 0 Å². The van der Waals surface area contributed by atoms with E-state index in [9.17, 15) is 13.2 Å². The predicted molar refractivity (Wildman–Crippen MR) is 72.8 cm³/mol. The Morgan fingerprint density at radius 2 is 1.94 bits per heavy atom. The molecule has 0 bridgehead atoms. The van der Waals surface area contributed by atoms with E-state index in [0.29, 0.717) is 0 Å². The van der Waals surface area contributed by atoms with Crippen molar-refractivity contribution in [3.05, 3.63) is 42.1 Å². The smallest absolute Gasteiger partial charge is 0.171 e. The van der Waals surface area contributed by atoms with E-state index in [4.69, 9.17) is 0 Å². The van der Waals surface area contributed by atoms with Crippen molar-refractivity contribution in [1.29, 1.82) is 0 Å². The Hall–Kier alpha value is -1.03. The highest BCUT2D eigenvalue weighted by molar-refractivity contribution is 6.93. The van der Waals surface area contributed by atoms with Crippen molar-refractivity contribution >= 4 is 13.3 Å². The maximum absolute atomic E-state index is 12.4. The first kappa shape index (κ1) is 15.0. The molecule has 1 unspecified atom stereocenters. The van der Waals surface area contributed by atoms with Crippen molar-refractivity contribution < 1.29 is 13.2 Å². The molecule has 0 heterocycles. The number of hydrogen-bond donors (Lipinski definition) is 0. The first-order valence-electron chi connectivity index (χ1n) is 5.96. The molecule has 4 heteroatoms. The van der Waals surface area contributed by atoms with Crippen LogP contribution in [0.3, 0.4) is 0 Å². The molecular formula is C14H19F3Si. The lowest BCUT2D eigenvalue weighted by Crippen LogP contribution is -2.39. The molecule has 0 N–H and O–H groups in total. The van der Waals surface area contributed by atoms with Crippen LogP contribution >= 0.6 is 0 Å². The first-order valence-corrected chi connectivity index (χ1v) is 9.04. The Bertz CT molecular complexity index is 421. The van der Waals surface area contributed by atoms with Gasteiger partial charge in [-0.1, -0.05) is 55.2 Å². The summed E-state index contributed by atoms with van der Waals surface area (Å²) in [5, 5.41) is 1.13. The maximum Gasteiger partial charge on any atom is 0.389 e. The fraction of sp³-hybridized carbons (Fsp3) is 0.429. The zero-order valence-corrected chi connectivity index (χ0v) is 12.0. The number of benzene rings is 1. The fourth-order valence-corrected chi connectivity index (χ4v) is 3.13. The molecular weight excluding hydrogens is 253 g/mol. The minimum absolute atomic E-state index is 0.500. The van der Waals surface area contributed by atoms with Gasteiger partial charge in [0.2, 0.25) is 0 Å². The summed E-state index contributed by atoms with van der Waals surface area (Å²) in [5.41, 5.74) is 2.70. The lowest BCUT2D eigenvalue weighted by Gasteiger charge is -2.21. The molecule has 0 amide bonds. The minimum Gasteiger partial charge on any atom is -0.171 e. The average molecular weight is 272 g/mol. The van der Waals surface area contributed by atoms with Gasteiger partial charge in [0.1, 0.15) is 8.07 Å². The number of rotatable bonds is 4. The second-order valence-electron chi connectivity index (χ2n) is 5.27. The number of hydrogen-bond acceptors (Lipinski definition) is 0. The fourth-order valence-electron chi connectivity index (χ4n) is 1.83. The van der Waals surface area contributed by atoms with Crippen molar-refractivity contribution in [1.82, 2.24) is 0 Å². The van der Waals surface area contributed by atoms with E-state index < -0.39 is 26.6 Å². The van der Waals surface area contributed by atoms with Crippen LogP contribution in [0.25, 0.3) is 0 Å². The summed E-state index contributed by atoms with van der Waals surface area (Å²) in [6.07, 6.45) is -4.88. The molecule has 18 heavy (non-hydrogen) atoms. The third-order valence-electron chi connectivity index (χ3n) is 3.25. The highest BCUT2D eigenvalue weighted by Gasteiger charge is 2.31. The third kappa shape index (κ3) is 4.01. The van der Waals surface area contributed by atoms with Crippen molar-refractivity contribution in [3.63, 3.8) is 0 Å². The van der Waals surface area contributed by atoms with Gasteiger partial charge < -0.3 is 0 Å². The molecule has 1 rings (SSSR count). The van der Waals surface area contributed by atoms with Crippen molar-refractivity contribution in [2.75, 3.05) is 0 Å². The molecule has 100 valence electrons. The maximum atomic E-state index is 12.4. The van der Waals surface area contributed by atoms with Gasteiger partial charge in [-0.2, -0.15) is 13.2 Å². The molecule has 0 spiro atoms. The van der Waals surface area contributed by atoms with Crippen molar-refractivity contribution in [2.45, 2.75) is 38.5 Å². The molecule has 1 atom stereocenters. The highest BCUT2D eigenvalue weighted by Crippen LogP contribution is 2.30. The molecule has 0 radical (unpaired) electrons. The van der Waals surface area contributed by atoms with E-state index in [2.05, 4.69) is 19.7 Å². The second-order valence-corrected chi connectivity index (χ2v) is 9.70. The van der Waals surface area contributed by atoms with Crippen LogP contribution in [0.2, 0.25) is 13.1 Å². The summed E-state index contributed by atoms with van der Waals surface area (Å²) in [5.74, 6) is -0.500. The van der Waals surface area contributed by atoms with Crippen molar-refractivity contribution in [2.24, 2.45) is 0 Å². The minimum atomic E-state index is -4.11. The van der Waals surface area contributed by atoms with Crippen LogP contribution < -0.4 is 5.19 Å². The van der Waals surface area contributed by atoms with E-state index in [0.717, 1.165) is 10.8 Å². The lowest BCUT2D eigenvalue weighted by molar-refractivity contribution is -0.137. The van der Waals surface area contributed by atoms with Gasteiger partial charge in [0.15, 0.2) is 0 Å². The Morgan fingerprint density at radius 3 is 2.44 bits per heavy atom. The Labute approximate surface area is 108 Å². The van der Waals surface area contributed by atoms with E-state index >= 15 is 0 Å². The normalized spacial score (nSPS) is 14.3. The third-order valence-corrected chi connectivity index (χ3v) is 6.07. The van der Waals surface area contributed by atoms with Crippen LogP contribution in [0.4, 0.5) is 13.2 Å². The zero-order chi connectivity index (χ0) is 14.0. The van der Waals surface area contributed by atoms with Crippen LogP contribution in [-0.4, -0.2) is 14.3 Å². The number of alkyl halides is 3. The molecule has 0 aromatic heterocycles. The predicted octanol–water partition coefficient (Wildman–Crippen LogP) is 4.38. The average Bonchev–Trinajstić information content (AvgIpc) is 2.27. The molecule has 0 saturated heterocycles. The molecule has 0 aliphatic carbocycles. The van der Waals surface area contributed by atoms with E-state index in [1.807, 2.05) is 23.9 Å². The van der Waals surface area contributed by atoms with Gasteiger partial charge in [0.05, 0.1) is 6.42 Å². The van der Waals surface area contributed by atoms with Crippen LogP contribution in [0.1, 0.15) is 24.8 Å². The van der Waals surface area contributed by atoms with Crippen molar-refractivity contribution in [3.8, 4) is 0 Å². The Balaban J connectivity index is 2.99. The molecule has 0 fully saturated rings. The number of halogens is 3. The monoisotopic (exact) mass is 272 g/mol. The van der Waals surface area contributed by atoms with E-state index in [1.54, 1.807) is 13.0 Å². The van der Waals surface area contributed by atoms with Gasteiger partial charge in [-0.25, -0.2) is 0 Å². The Kier molecular flexibility index (Phi) is 4.43. The summed E-state index contributed by atoms with van der Waals surface area (Å²) in [6, 6.07) is 7.51. The van der Waals surface area contributed by atoms with Gasteiger partial charge in [-0.3, -0.25) is 0 Å². The zero-order valence-electron chi connectivity index (χ0n) is 11.0. The van der Waals surface area contributed by atoms with Gasteiger partial charge in [-0.05, 0) is 11.5 Å². The molecule has 0 nitrogen and oxygen atoms in total. The molecule has 1 aromatic rings. The Morgan fingerprint density at radius 1 is 1.33 bits per heavy atom. The second kappa shape index (κ2) is 5.30. The molecule has 0 aliphatic rings. The van der Waals surface area contributed by atoms with E-state index in [-0.39, 0.29) is 0 Å². The molecule has 0 aliphatic heterocycles. The van der Waals surface area contributed by atoms with Crippen LogP contribution in [0, 0.1) is 0 Å². The molecule has 1 aromatic carbocycles. The lowest BCUT2D eigenvalue weighted by atomic mass is 9.98. The van der Waals surface area contributed by atoms with Crippen LogP contribution in [0.15, 0.2) is 36.5 Å². The largest absolute Gasteiger partial charge is 0.389 e. The highest BCUT2D eigenvalue weighted by atomic mass is 28.3. The standard InChI is InChI=1S/C14H19F3Si/c1-5-18(3,4)13-8-6-7-12(9-13)11(2)10-14(15,16)17/h5-9,11H,1,10H2,2-4H3. The first-order chi connectivity index (χ1) is 8.15. The van der Waals surface area contributed by atoms with Crippen LogP contribution in [0.5, 0.6) is 0 Å². The summed E-state index contributed by atoms with van der Waals surface area (Å²) >= 11 is 0. The van der Waals surface area contributed by atoms with Gasteiger partial charge >= 0.3 is 6.18 Å². The SMILES string of the molecule is C=C[Si](C)(C)c1cccc(C(C)CC(F)(F)F)c1. The summed E-state index contributed by atoms with van der Waals surface area (Å²) < 4.78 is 37.2. The van der Waals surface area contributed by atoms with Crippen LogP contribution in [-0.2, 0) is 0 Å². The van der Waals surface area contributed by atoms with Gasteiger partial charge in [0.25, 0.3) is 0 Å². The summed E-state index contributed by atoms with van der Waals surface area (Å²) in [4.78, 5) is 0. The summed E-state index contributed by atoms with van der Waals surface area (Å²) in [7, 11) is -1.71. The van der Waals surface area contributed by atoms with E-state index in [1.165, 1.54) is 0 Å². The quantitative estimate of drug-likeness (QED) is 0.713. The topological polar surface area (TPSA) is 0 Å². The summed E-state index contributed by atoms with van der Waals surface area (Å²) in [6.45, 7) is 9.71.